The molecule has 0 aliphatic carbocycles. The Morgan fingerprint density at radius 2 is 2.00 bits per heavy atom. The average molecular weight is 298 g/mol. The summed E-state index contributed by atoms with van der Waals surface area (Å²) in [5.74, 6) is 0.541. The fraction of sp³-hybridized carbons (Fsp3) is 0.273. The van der Waals surface area contributed by atoms with Gasteiger partial charge in [-0.3, -0.25) is 4.98 Å². The van der Waals surface area contributed by atoms with Gasteiger partial charge in [0.05, 0.1) is 17.2 Å². The van der Waals surface area contributed by atoms with E-state index in [1.54, 1.807) is 6.20 Å². The Labute approximate surface area is 96.9 Å². The fourth-order valence-electron chi connectivity index (χ4n) is 1.37. The van der Waals surface area contributed by atoms with Crippen LogP contribution in [0, 0.1) is 3.70 Å². The summed E-state index contributed by atoms with van der Waals surface area (Å²) >= 11 is 2.18. The van der Waals surface area contributed by atoms with Crippen LogP contribution in [-0.4, -0.2) is 9.97 Å². The zero-order valence-corrected chi connectivity index (χ0v) is 10.3. The van der Waals surface area contributed by atoms with Crippen LogP contribution < -0.4 is 0 Å². The minimum atomic E-state index is 0.541. The smallest absolute Gasteiger partial charge is 0.120 e. The molecule has 0 fully saturated rings. The summed E-state index contributed by atoms with van der Waals surface area (Å²) in [7, 11) is 0. The van der Waals surface area contributed by atoms with Gasteiger partial charge in [-0.05, 0) is 46.2 Å². The minimum absolute atomic E-state index is 0.541. The average Bonchev–Trinajstić information content (AvgIpc) is 2.16. The lowest BCUT2D eigenvalue weighted by molar-refractivity contribution is 0.868. The first kappa shape index (κ1) is 9.83. The summed E-state index contributed by atoms with van der Waals surface area (Å²) in [5, 5.41) is 0. The van der Waals surface area contributed by atoms with Crippen LogP contribution in [0.1, 0.15) is 25.3 Å². The summed E-state index contributed by atoms with van der Waals surface area (Å²) in [6.07, 6.45) is 1.79. The van der Waals surface area contributed by atoms with E-state index < -0.39 is 0 Å². The van der Waals surface area contributed by atoms with Gasteiger partial charge in [-0.15, -0.1) is 0 Å². The van der Waals surface area contributed by atoms with Crippen LogP contribution >= 0.6 is 22.6 Å². The first-order valence-corrected chi connectivity index (χ1v) is 5.67. The van der Waals surface area contributed by atoms with Crippen LogP contribution in [0.4, 0.5) is 0 Å². The number of aromatic nitrogens is 2. The first-order chi connectivity index (χ1) is 6.66. The third-order valence-electron chi connectivity index (χ3n) is 2.20. The fourth-order valence-corrected chi connectivity index (χ4v) is 1.76. The molecule has 0 radical (unpaired) electrons. The highest BCUT2D eigenvalue weighted by Gasteiger charge is 2.02. The first-order valence-electron chi connectivity index (χ1n) is 4.59. The van der Waals surface area contributed by atoms with E-state index in [2.05, 4.69) is 58.5 Å². The van der Waals surface area contributed by atoms with Gasteiger partial charge in [0.2, 0.25) is 0 Å². The lowest BCUT2D eigenvalue weighted by atomic mass is 10.0. The maximum atomic E-state index is 4.44. The van der Waals surface area contributed by atoms with Gasteiger partial charge >= 0.3 is 0 Å². The van der Waals surface area contributed by atoms with E-state index in [0.29, 0.717) is 5.92 Å². The lowest BCUT2D eigenvalue weighted by Gasteiger charge is -2.05. The van der Waals surface area contributed by atoms with Gasteiger partial charge in [0.15, 0.2) is 0 Å². The van der Waals surface area contributed by atoms with Crippen molar-refractivity contribution in [3.63, 3.8) is 0 Å². The third kappa shape index (κ3) is 1.87. The molecule has 2 aromatic rings. The van der Waals surface area contributed by atoms with Crippen LogP contribution in [0.3, 0.4) is 0 Å². The number of fused-ring (bicyclic) bond motifs is 1. The molecule has 1 heterocycles. The Morgan fingerprint density at radius 3 is 2.71 bits per heavy atom. The lowest BCUT2D eigenvalue weighted by Crippen LogP contribution is -1.91. The van der Waals surface area contributed by atoms with E-state index >= 15 is 0 Å². The van der Waals surface area contributed by atoms with Gasteiger partial charge in [-0.2, -0.15) is 0 Å². The van der Waals surface area contributed by atoms with Crippen LogP contribution in [-0.2, 0) is 0 Å². The molecule has 0 aliphatic heterocycles. The molecule has 1 aromatic carbocycles. The second-order valence-electron chi connectivity index (χ2n) is 3.60. The summed E-state index contributed by atoms with van der Waals surface area (Å²) in [5.41, 5.74) is 3.27. The summed E-state index contributed by atoms with van der Waals surface area (Å²) < 4.78 is 0.941. The number of rotatable bonds is 1. The highest BCUT2D eigenvalue weighted by Crippen LogP contribution is 2.19. The van der Waals surface area contributed by atoms with E-state index in [-0.39, 0.29) is 0 Å². The van der Waals surface area contributed by atoms with Crippen molar-refractivity contribution >= 4 is 33.6 Å². The van der Waals surface area contributed by atoms with Gasteiger partial charge in [-0.25, -0.2) is 4.98 Å². The number of nitrogens with zero attached hydrogens (tertiary/aromatic N) is 2. The molecule has 72 valence electrons. The summed E-state index contributed by atoms with van der Waals surface area (Å²) in [6, 6.07) is 6.28. The van der Waals surface area contributed by atoms with Crippen LogP contribution in [0.2, 0.25) is 0 Å². The molecule has 14 heavy (non-hydrogen) atoms. The molecule has 0 spiro atoms. The van der Waals surface area contributed by atoms with Crippen molar-refractivity contribution in [1.29, 1.82) is 0 Å². The second kappa shape index (κ2) is 3.81. The molecule has 2 rings (SSSR count). The second-order valence-corrected chi connectivity index (χ2v) is 4.70. The summed E-state index contributed by atoms with van der Waals surface area (Å²) in [4.78, 5) is 8.75. The highest BCUT2D eigenvalue weighted by molar-refractivity contribution is 14.1. The van der Waals surface area contributed by atoms with Crippen LogP contribution in [0.25, 0.3) is 11.0 Å². The molecule has 0 saturated heterocycles. The van der Waals surface area contributed by atoms with Crippen LogP contribution in [0.5, 0.6) is 0 Å². The Balaban J connectivity index is 2.63. The van der Waals surface area contributed by atoms with Gasteiger partial charge in [0, 0.05) is 0 Å². The van der Waals surface area contributed by atoms with E-state index in [0.717, 1.165) is 14.7 Å². The molecule has 0 saturated carbocycles. The molecule has 0 atom stereocenters. The zero-order valence-electron chi connectivity index (χ0n) is 8.16. The van der Waals surface area contributed by atoms with Crippen molar-refractivity contribution in [3.05, 3.63) is 33.7 Å². The Bertz CT molecular complexity index is 466. The predicted octanol–water partition coefficient (Wildman–Crippen LogP) is 3.36. The largest absolute Gasteiger partial charge is 0.252 e. The molecular formula is C11H11IN2. The predicted molar refractivity (Wildman–Crippen MR) is 66.3 cm³/mol. The molecule has 3 heteroatoms. The monoisotopic (exact) mass is 298 g/mol. The Kier molecular flexibility index (Phi) is 2.67. The molecule has 1 aromatic heterocycles. The molecular weight excluding hydrogens is 287 g/mol. The maximum absolute atomic E-state index is 4.44. The minimum Gasteiger partial charge on any atom is -0.252 e. The molecule has 2 nitrogen and oxygen atoms in total. The van der Waals surface area contributed by atoms with Crippen molar-refractivity contribution in [2.45, 2.75) is 19.8 Å². The number of benzene rings is 1. The summed E-state index contributed by atoms with van der Waals surface area (Å²) in [6.45, 7) is 4.37. The molecule has 0 amide bonds. The standard InChI is InChI=1S/C11H11IN2/c1-7(2)8-3-4-9-10(5-8)14-11(12)6-13-9/h3-7H,1-2H3. The maximum Gasteiger partial charge on any atom is 0.120 e. The van der Waals surface area contributed by atoms with Crippen molar-refractivity contribution in [2.24, 2.45) is 0 Å². The third-order valence-corrected chi connectivity index (χ3v) is 2.72. The van der Waals surface area contributed by atoms with Crippen molar-refractivity contribution < 1.29 is 0 Å². The van der Waals surface area contributed by atoms with Crippen molar-refractivity contribution in [2.75, 3.05) is 0 Å². The highest BCUT2D eigenvalue weighted by atomic mass is 127. The van der Waals surface area contributed by atoms with E-state index in [4.69, 9.17) is 0 Å². The Hall–Kier alpha value is -0.710. The normalized spacial score (nSPS) is 11.1. The van der Waals surface area contributed by atoms with Gasteiger partial charge in [0.1, 0.15) is 3.70 Å². The Morgan fingerprint density at radius 1 is 1.21 bits per heavy atom. The molecule has 0 unspecified atom stereocenters. The number of hydrogen-bond donors (Lipinski definition) is 0. The topological polar surface area (TPSA) is 25.8 Å². The number of halogens is 1. The molecule has 0 aliphatic rings. The van der Waals surface area contributed by atoms with Crippen LogP contribution in [0.15, 0.2) is 24.4 Å². The van der Waals surface area contributed by atoms with E-state index in [9.17, 15) is 0 Å². The molecule has 0 bridgehead atoms. The van der Waals surface area contributed by atoms with Gasteiger partial charge in [-0.1, -0.05) is 19.9 Å². The molecule has 0 N–H and O–H groups in total. The van der Waals surface area contributed by atoms with Gasteiger partial charge < -0.3 is 0 Å². The van der Waals surface area contributed by atoms with Crippen molar-refractivity contribution in [1.82, 2.24) is 9.97 Å². The quantitative estimate of drug-likeness (QED) is 0.754. The van der Waals surface area contributed by atoms with Crippen molar-refractivity contribution in [3.8, 4) is 0 Å². The van der Waals surface area contributed by atoms with E-state index in [1.807, 2.05) is 6.07 Å². The van der Waals surface area contributed by atoms with E-state index in [1.165, 1.54) is 5.56 Å². The van der Waals surface area contributed by atoms with Gasteiger partial charge in [0.25, 0.3) is 0 Å². The number of hydrogen-bond acceptors (Lipinski definition) is 2. The zero-order chi connectivity index (χ0) is 10.1. The SMILES string of the molecule is CC(C)c1ccc2ncc(I)nc2c1.